The van der Waals surface area contributed by atoms with Crippen molar-refractivity contribution in [1.82, 2.24) is 4.31 Å². The van der Waals surface area contributed by atoms with Crippen molar-refractivity contribution in [3.8, 4) is 0 Å². The molecule has 2 aromatic carbocycles. The van der Waals surface area contributed by atoms with Gasteiger partial charge in [-0.1, -0.05) is 0 Å². The average Bonchev–Trinajstić information content (AvgIpc) is 3.62. The second-order valence-electron chi connectivity index (χ2n) is 9.98. The molecule has 2 atom stereocenters. The summed E-state index contributed by atoms with van der Waals surface area (Å²) in [5, 5.41) is 2.82. The van der Waals surface area contributed by atoms with Crippen molar-refractivity contribution in [2.24, 2.45) is 11.8 Å². The standard InChI is InChI=1S/C26H30FN3O4S/c1-16-12-21(27)7-9-23(16)28-25(31)19-4-3-11-29(15-19)35(33,34)22-8-10-24-20(14-22)13-17(2)30(24)26(32)18-5-6-18/h7-10,12,14,17-19H,3-6,11,13,15H2,1-2H3,(H,28,31)/t17-,19-/m1/s1. The lowest BCUT2D eigenvalue weighted by Crippen LogP contribution is -2.43. The maximum atomic E-state index is 13.5. The van der Waals surface area contributed by atoms with Crippen LogP contribution < -0.4 is 10.2 Å². The third kappa shape index (κ3) is 4.59. The number of benzene rings is 2. The molecule has 0 spiro atoms. The van der Waals surface area contributed by atoms with Gasteiger partial charge < -0.3 is 10.2 Å². The van der Waals surface area contributed by atoms with Crippen LogP contribution >= 0.6 is 0 Å². The zero-order valence-corrected chi connectivity index (χ0v) is 20.8. The highest BCUT2D eigenvalue weighted by atomic mass is 32.2. The van der Waals surface area contributed by atoms with E-state index in [0.29, 0.717) is 37.1 Å². The number of fused-ring (bicyclic) bond motifs is 1. The van der Waals surface area contributed by atoms with Crippen molar-refractivity contribution in [3.63, 3.8) is 0 Å². The van der Waals surface area contributed by atoms with E-state index in [4.69, 9.17) is 0 Å². The highest BCUT2D eigenvalue weighted by Crippen LogP contribution is 2.40. The van der Waals surface area contributed by atoms with Gasteiger partial charge in [-0.05, 0) is 93.5 Å². The van der Waals surface area contributed by atoms with Crippen LogP contribution in [0.5, 0.6) is 0 Å². The van der Waals surface area contributed by atoms with Crippen molar-refractivity contribution in [2.75, 3.05) is 23.3 Å². The Morgan fingerprint density at radius 2 is 1.83 bits per heavy atom. The van der Waals surface area contributed by atoms with E-state index in [9.17, 15) is 22.4 Å². The van der Waals surface area contributed by atoms with Crippen LogP contribution in [0.4, 0.5) is 15.8 Å². The Balaban J connectivity index is 1.32. The van der Waals surface area contributed by atoms with E-state index in [-0.39, 0.29) is 41.0 Å². The summed E-state index contributed by atoms with van der Waals surface area (Å²) < 4.78 is 41.7. The topological polar surface area (TPSA) is 86.8 Å². The molecule has 0 aromatic heterocycles. The van der Waals surface area contributed by atoms with Crippen molar-refractivity contribution >= 4 is 33.2 Å². The Morgan fingerprint density at radius 3 is 2.54 bits per heavy atom. The second kappa shape index (κ2) is 9.02. The van der Waals surface area contributed by atoms with Crippen LogP contribution in [0.25, 0.3) is 0 Å². The fourth-order valence-corrected chi connectivity index (χ4v) is 6.73. The molecule has 2 heterocycles. The zero-order valence-electron chi connectivity index (χ0n) is 20.0. The molecule has 0 radical (unpaired) electrons. The van der Waals surface area contributed by atoms with Crippen molar-refractivity contribution < 1.29 is 22.4 Å². The van der Waals surface area contributed by atoms with E-state index in [1.165, 1.54) is 22.5 Å². The summed E-state index contributed by atoms with van der Waals surface area (Å²) in [6, 6.07) is 9.17. The maximum Gasteiger partial charge on any atom is 0.243 e. The SMILES string of the molecule is Cc1cc(F)ccc1NC(=O)[C@@H]1CCCN(S(=O)(=O)c2ccc3c(c2)C[C@@H](C)N3C(=O)C2CC2)C1. The van der Waals surface area contributed by atoms with E-state index in [1.54, 1.807) is 25.1 Å². The van der Waals surface area contributed by atoms with E-state index in [0.717, 1.165) is 24.1 Å². The number of carbonyl (C=O) groups excluding carboxylic acids is 2. The number of anilines is 2. The van der Waals surface area contributed by atoms with E-state index in [2.05, 4.69) is 5.32 Å². The Hall–Kier alpha value is -2.78. The molecule has 2 fully saturated rings. The summed E-state index contributed by atoms with van der Waals surface area (Å²) in [5.74, 6) is -0.907. The lowest BCUT2D eigenvalue weighted by molar-refractivity contribution is -0.121. The average molecular weight is 500 g/mol. The Bertz CT molecular complexity index is 1290. The van der Waals surface area contributed by atoms with Crippen LogP contribution in [0.1, 0.15) is 43.7 Å². The second-order valence-corrected chi connectivity index (χ2v) is 11.9. The summed E-state index contributed by atoms with van der Waals surface area (Å²) in [5.41, 5.74) is 2.80. The van der Waals surface area contributed by atoms with Crippen molar-refractivity contribution in [2.45, 2.75) is 56.9 Å². The molecule has 0 bridgehead atoms. The normalized spacial score (nSPS) is 22.7. The predicted molar refractivity (Wildman–Crippen MR) is 131 cm³/mol. The predicted octanol–water partition coefficient (Wildman–Crippen LogP) is 3.86. The molecule has 2 amide bonds. The summed E-state index contributed by atoms with van der Waals surface area (Å²) >= 11 is 0. The van der Waals surface area contributed by atoms with Gasteiger partial charge in [0.15, 0.2) is 0 Å². The Morgan fingerprint density at radius 1 is 1.06 bits per heavy atom. The van der Waals surface area contributed by atoms with Crippen LogP contribution in [0.2, 0.25) is 0 Å². The van der Waals surface area contributed by atoms with Gasteiger partial charge in [0.25, 0.3) is 0 Å². The molecule has 1 N–H and O–H groups in total. The molecule has 0 unspecified atom stereocenters. The first kappa shape index (κ1) is 23.9. The van der Waals surface area contributed by atoms with Crippen molar-refractivity contribution in [1.29, 1.82) is 0 Å². The number of aryl methyl sites for hydroxylation is 1. The van der Waals surface area contributed by atoms with E-state index < -0.39 is 15.9 Å². The lowest BCUT2D eigenvalue weighted by Gasteiger charge is -2.31. The fourth-order valence-electron chi connectivity index (χ4n) is 5.16. The van der Waals surface area contributed by atoms with Gasteiger partial charge in [-0.15, -0.1) is 0 Å². The van der Waals surface area contributed by atoms with Crippen LogP contribution in [0, 0.1) is 24.6 Å². The molecule has 3 aliphatic rings. The Kier molecular flexibility index (Phi) is 6.17. The summed E-state index contributed by atoms with van der Waals surface area (Å²) in [6.45, 7) is 4.14. The number of amides is 2. The van der Waals surface area contributed by atoms with Crippen LogP contribution in [0.15, 0.2) is 41.3 Å². The molecule has 186 valence electrons. The first-order chi connectivity index (χ1) is 16.6. The first-order valence-electron chi connectivity index (χ1n) is 12.2. The monoisotopic (exact) mass is 499 g/mol. The molecule has 1 saturated carbocycles. The number of nitrogens with one attached hydrogen (secondary N) is 1. The largest absolute Gasteiger partial charge is 0.326 e. The Labute approximate surface area is 205 Å². The zero-order chi connectivity index (χ0) is 24.9. The summed E-state index contributed by atoms with van der Waals surface area (Å²) in [7, 11) is -3.80. The van der Waals surface area contributed by atoms with Gasteiger partial charge in [-0.25, -0.2) is 12.8 Å². The maximum absolute atomic E-state index is 13.5. The van der Waals surface area contributed by atoms with Gasteiger partial charge in [0.05, 0.1) is 10.8 Å². The molecule has 7 nitrogen and oxygen atoms in total. The molecule has 9 heteroatoms. The smallest absolute Gasteiger partial charge is 0.243 e. The van der Waals surface area contributed by atoms with Gasteiger partial charge in [-0.3, -0.25) is 9.59 Å². The quantitative estimate of drug-likeness (QED) is 0.677. The number of hydrogen-bond donors (Lipinski definition) is 1. The number of halogens is 1. The van der Waals surface area contributed by atoms with Gasteiger partial charge >= 0.3 is 0 Å². The molecular weight excluding hydrogens is 469 g/mol. The molecule has 5 rings (SSSR count). The third-order valence-electron chi connectivity index (χ3n) is 7.27. The molecule has 2 aromatic rings. The summed E-state index contributed by atoms with van der Waals surface area (Å²) in [4.78, 5) is 27.6. The summed E-state index contributed by atoms with van der Waals surface area (Å²) in [6.07, 6.45) is 3.63. The van der Waals surface area contributed by atoms with Gasteiger partial charge in [-0.2, -0.15) is 4.31 Å². The van der Waals surface area contributed by atoms with Gasteiger partial charge in [0.1, 0.15) is 5.82 Å². The lowest BCUT2D eigenvalue weighted by atomic mass is 9.98. The number of carbonyl (C=O) groups is 2. The van der Waals surface area contributed by atoms with Gasteiger partial charge in [0, 0.05) is 36.4 Å². The molecular formula is C26H30FN3O4S. The highest BCUT2D eigenvalue weighted by Gasteiger charge is 2.40. The van der Waals surface area contributed by atoms with Gasteiger partial charge in [0.2, 0.25) is 21.8 Å². The van der Waals surface area contributed by atoms with Crippen LogP contribution in [0.3, 0.4) is 0 Å². The van der Waals surface area contributed by atoms with E-state index in [1.807, 2.05) is 11.8 Å². The number of piperidine rings is 1. The first-order valence-corrected chi connectivity index (χ1v) is 13.6. The fraction of sp³-hybridized carbons (Fsp3) is 0.462. The number of hydrogen-bond acceptors (Lipinski definition) is 4. The number of nitrogens with zero attached hydrogens (tertiary/aromatic N) is 2. The number of rotatable bonds is 5. The minimum Gasteiger partial charge on any atom is -0.326 e. The number of sulfonamides is 1. The third-order valence-corrected chi connectivity index (χ3v) is 9.13. The molecule has 1 saturated heterocycles. The molecule has 1 aliphatic carbocycles. The minimum atomic E-state index is -3.80. The van der Waals surface area contributed by atoms with Crippen LogP contribution in [-0.2, 0) is 26.0 Å². The molecule has 35 heavy (non-hydrogen) atoms. The van der Waals surface area contributed by atoms with Crippen LogP contribution in [-0.4, -0.2) is 43.7 Å². The highest BCUT2D eigenvalue weighted by molar-refractivity contribution is 7.89. The van der Waals surface area contributed by atoms with E-state index >= 15 is 0 Å². The van der Waals surface area contributed by atoms with Crippen molar-refractivity contribution in [3.05, 3.63) is 53.3 Å². The molecule has 2 aliphatic heterocycles. The minimum absolute atomic E-state index is 0.00837.